The van der Waals surface area contributed by atoms with Crippen molar-refractivity contribution in [2.24, 2.45) is 0 Å². The fraction of sp³-hybridized carbons (Fsp3) is 0.250. The van der Waals surface area contributed by atoms with E-state index in [0.717, 1.165) is 0 Å². The predicted octanol–water partition coefficient (Wildman–Crippen LogP) is 2.31. The molecule has 1 aromatic rings. The average molecular weight is 205 g/mol. The van der Waals surface area contributed by atoms with Crippen molar-refractivity contribution in [1.29, 1.82) is 0 Å². The molecule has 2 nitrogen and oxygen atoms in total. The van der Waals surface area contributed by atoms with Crippen molar-refractivity contribution in [3.8, 4) is 0 Å². The minimum absolute atomic E-state index is 0.493. The van der Waals surface area contributed by atoms with Crippen LogP contribution in [0.2, 0.25) is 5.02 Å². The van der Waals surface area contributed by atoms with Crippen molar-refractivity contribution in [2.75, 3.05) is 6.61 Å². The van der Waals surface area contributed by atoms with Gasteiger partial charge in [0.25, 0.3) is 0 Å². The van der Waals surface area contributed by atoms with Gasteiger partial charge in [0, 0.05) is 5.30 Å². The topological polar surface area (TPSA) is 29.5 Å². The first kappa shape index (κ1) is 9.94. The van der Waals surface area contributed by atoms with E-state index < -0.39 is 8.38 Å². The Morgan fingerprint density at radius 1 is 1.50 bits per heavy atom. The Morgan fingerprint density at radius 2 is 2.17 bits per heavy atom. The highest BCUT2D eigenvalue weighted by Crippen LogP contribution is 2.32. The third kappa shape index (κ3) is 2.43. The van der Waals surface area contributed by atoms with E-state index in [1.165, 1.54) is 0 Å². The summed E-state index contributed by atoms with van der Waals surface area (Å²) in [5.41, 5.74) is 0. The summed E-state index contributed by atoms with van der Waals surface area (Å²) >= 11 is 5.83. The van der Waals surface area contributed by atoms with Crippen LogP contribution >= 0.6 is 20.0 Å². The summed E-state index contributed by atoms with van der Waals surface area (Å²) in [7, 11) is -1.53. The second-order valence-corrected chi connectivity index (χ2v) is 3.84. The molecule has 1 unspecified atom stereocenters. The van der Waals surface area contributed by atoms with Crippen molar-refractivity contribution < 1.29 is 9.42 Å². The van der Waals surface area contributed by atoms with Crippen molar-refractivity contribution in [3.63, 3.8) is 0 Å². The number of benzene rings is 1. The normalized spacial score (nSPS) is 12.9. The lowest BCUT2D eigenvalue weighted by Gasteiger charge is -2.09. The SMILES string of the molecule is CCOP(O)c1ccccc1Cl. The van der Waals surface area contributed by atoms with Crippen LogP contribution in [0.5, 0.6) is 0 Å². The quantitative estimate of drug-likeness (QED) is 0.766. The average Bonchev–Trinajstić information content (AvgIpc) is 2.05. The number of hydrogen-bond acceptors (Lipinski definition) is 2. The lowest BCUT2D eigenvalue weighted by Crippen LogP contribution is -2.03. The predicted molar refractivity (Wildman–Crippen MR) is 51.9 cm³/mol. The molecule has 1 N–H and O–H groups in total. The molecule has 0 aromatic heterocycles. The fourth-order valence-electron chi connectivity index (χ4n) is 0.799. The van der Waals surface area contributed by atoms with Gasteiger partial charge in [-0.15, -0.1) is 0 Å². The second kappa shape index (κ2) is 4.78. The van der Waals surface area contributed by atoms with Crippen LogP contribution in [-0.4, -0.2) is 11.5 Å². The summed E-state index contributed by atoms with van der Waals surface area (Å²) in [5, 5.41) is 1.23. The van der Waals surface area contributed by atoms with E-state index in [4.69, 9.17) is 16.1 Å². The molecule has 0 fully saturated rings. The first-order valence-corrected chi connectivity index (χ1v) is 5.21. The lowest BCUT2D eigenvalue weighted by atomic mass is 10.4. The Hall–Kier alpha value is -0.140. The van der Waals surface area contributed by atoms with Crippen LogP contribution in [0, 0.1) is 0 Å². The Morgan fingerprint density at radius 3 is 2.75 bits per heavy atom. The van der Waals surface area contributed by atoms with Crippen LogP contribution in [0.15, 0.2) is 24.3 Å². The van der Waals surface area contributed by atoms with E-state index in [1.54, 1.807) is 12.1 Å². The van der Waals surface area contributed by atoms with Crippen LogP contribution < -0.4 is 5.30 Å². The molecule has 0 aliphatic carbocycles. The van der Waals surface area contributed by atoms with Crippen molar-refractivity contribution >= 4 is 25.3 Å². The van der Waals surface area contributed by atoms with Crippen molar-refractivity contribution in [1.82, 2.24) is 0 Å². The molecule has 0 aliphatic rings. The third-order valence-electron chi connectivity index (χ3n) is 1.31. The largest absolute Gasteiger partial charge is 0.346 e. The van der Waals surface area contributed by atoms with Gasteiger partial charge < -0.3 is 9.42 Å². The summed E-state index contributed by atoms with van der Waals surface area (Å²) in [6.45, 7) is 2.33. The Labute approximate surface area is 78.0 Å². The zero-order valence-electron chi connectivity index (χ0n) is 6.70. The number of halogens is 1. The Bertz CT molecular complexity index is 255. The summed E-state index contributed by atoms with van der Waals surface area (Å²) in [6.07, 6.45) is 0. The zero-order valence-corrected chi connectivity index (χ0v) is 8.35. The van der Waals surface area contributed by atoms with Gasteiger partial charge in [0.1, 0.15) is 0 Å². The highest BCUT2D eigenvalue weighted by atomic mass is 35.5. The van der Waals surface area contributed by atoms with Gasteiger partial charge in [-0.05, 0) is 19.1 Å². The van der Waals surface area contributed by atoms with Gasteiger partial charge in [0.05, 0.1) is 11.6 Å². The maximum absolute atomic E-state index is 9.46. The molecule has 0 radical (unpaired) electrons. The van der Waals surface area contributed by atoms with E-state index in [1.807, 2.05) is 19.1 Å². The zero-order chi connectivity index (χ0) is 8.97. The van der Waals surface area contributed by atoms with Crippen LogP contribution in [-0.2, 0) is 4.52 Å². The van der Waals surface area contributed by atoms with Crippen LogP contribution in [0.25, 0.3) is 0 Å². The standard InChI is InChI=1S/C8H10ClO2P/c1-2-11-12(10)8-6-4-3-5-7(8)9/h3-6,10H,2H2,1H3. The summed E-state index contributed by atoms with van der Waals surface area (Å²) in [5.74, 6) is 0. The lowest BCUT2D eigenvalue weighted by molar-refractivity contribution is 0.337. The van der Waals surface area contributed by atoms with E-state index in [9.17, 15) is 4.89 Å². The molecular weight excluding hydrogens is 195 g/mol. The van der Waals surface area contributed by atoms with Gasteiger partial charge in [-0.2, -0.15) is 0 Å². The highest BCUT2D eigenvalue weighted by Gasteiger charge is 2.10. The van der Waals surface area contributed by atoms with Gasteiger partial charge in [-0.3, -0.25) is 0 Å². The third-order valence-corrected chi connectivity index (χ3v) is 3.08. The first-order valence-electron chi connectivity index (χ1n) is 3.62. The molecule has 1 rings (SSSR count). The summed E-state index contributed by atoms with van der Waals surface area (Å²) < 4.78 is 5.04. The number of hydrogen-bond donors (Lipinski definition) is 1. The van der Waals surface area contributed by atoms with Gasteiger partial charge in [-0.1, -0.05) is 23.7 Å². The summed E-state index contributed by atoms with van der Waals surface area (Å²) in [6, 6.07) is 7.15. The first-order chi connectivity index (χ1) is 5.75. The van der Waals surface area contributed by atoms with E-state index >= 15 is 0 Å². The molecule has 4 heteroatoms. The van der Waals surface area contributed by atoms with E-state index in [0.29, 0.717) is 16.9 Å². The molecular formula is C8H10ClO2P. The van der Waals surface area contributed by atoms with Crippen molar-refractivity contribution in [3.05, 3.63) is 29.3 Å². The molecule has 0 saturated heterocycles. The molecule has 1 atom stereocenters. The second-order valence-electron chi connectivity index (χ2n) is 2.14. The van der Waals surface area contributed by atoms with Crippen LogP contribution in [0.4, 0.5) is 0 Å². The minimum atomic E-state index is -1.53. The minimum Gasteiger partial charge on any atom is -0.346 e. The molecule has 66 valence electrons. The molecule has 0 bridgehead atoms. The maximum Gasteiger partial charge on any atom is 0.203 e. The molecule has 0 aliphatic heterocycles. The fourth-order valence-corrected chi connectivity index (χ4v) is 2.01. The highest BCUT2D eigenvalue weighted by molar-refractivity contribution is 7.55. The smallest absolute Gasteiger partial charge is 0.203 e. The Balaban J connectivity index is 2.79. The molecule has 0 saturated carbocycles. The molecule has 12 heavy (non-hydrogen) atoms. The van der Waals surface area contributed by atoms with Gasteiger partial charge in [-0.25, -0.2) is 0 Å². The van der Waals surface area contributed by atoms with E-state index in [-0.39, 0.29) is 0 Å². The monoisotopic (exact) mass is 204 g/mol. The summed E-state index contributed by atoms with van der Waals surface area (Å²) in [4.78, 5) is 9.46. The Kier molecular flexibility index (Phi) is 3.96. The van der Waals surface area contributed by atoms with E-state index in [2.05, 4.69) is 0 Å². The van der Waals surface area contributed by atoms with Crippen molar-refractivity contribution in [2.45, 2.75) is 6.92 Å². The van der Waals surface area contributed by atoms with Gasteiger partial charge in [0.15, 0.2) is 0 Å². The molecule has 0 heterocycles. The van der Waals surface area contributed by atoms with Crippen LogP contribution in [0.1, 0.15) is 6.92 Å². The van der Waals surface area contributed by atoms with Crippen LogP contribution in [0.3, 0.4) is 0 Å². The van der Waals surface area contributed by atoms with Gasteiger partial charge in [0.2, 0.25) is 8.38 Å². The molecule has 1 aromatic carbocycles. The molecule has 0 amide bonds. The molecule has 0 spiro atoms. The van der Waals surface area contributed by atoms with Gasteiger partial charge >= 0.3 is 0 Å². The number of rotatable bonds is 3. The maximum atomic E-state index is 9.46.